The Hall–Kier alpha value is -3.11. The van der Waals surface area contributed by atoms with Crippen molar-refractivity contribution in [1.82, 2.24) is 15.1 Å². The molecule has 1 fully saturated rings. The summed E-state index contributed by atoms with van der Waals surface area (Å²) in [5.74, 6) is 0.451. The molecule has 0 bridgehead atoms. The number of carbonyl (C=O) groups excluding carboxylic acids is 2. The molecule has 6 rings (SSSR count). The number of hydrogen-bond donors (Lipinski definition) is 1. The first kappa shape index (κ1) is 27.1. The number of nitrogens with one attached hydrogen (secondary N) is 1. The maximum Gasteiger partial charge on any atom is 0.240 e. The fraction of sp³-hybridized carbons (Fsp3) is 0.300. The standard InChI is InChI=1S/C30H29ClN4O3S2/c1-19-9-11-22(12-10-19)35-30-27(28(33-35)24-8-4-14-39-24)29(20-5-2-6-21(31)15-20)40-18-26(37)34(30)17-25(36)32-16-23-7-3-13-38-23/h2,4-6,8-12,14-15,23,29H,3,7,13,16-18H2,1H3,(H,32,36). The maximum atomic E-state index is 13.8. The summed E-state index contributed by atoms with van der Waals surface area (Å²) in [6, 6.07) is 19.8. The zero-order valence-corrected chi connectivity index (χ0v) is 24.4. The van der Waals surface area contributed by atoms with Crippen LogP contribution in [-0.4, -0.2) is 53.1 Å². The summed E-state index contributed by atoms with van der Waals surface area (Å²) in [4.78, 5) is 29.6. The van der Waals surface area contributed by atoms with E-state index in [2.05, 4.69) is 5.32 Å². The van der Waals surface area contributed by atoms with Gasteiger partial charge < -0.3 is 10.1 Å². The third-order valence-corrected chi connectivity index (χ3v) is 9.49. The van der Waals surface area contributed by atoms with Crippen LogP contribution >= 0.6 is 34.7 Å². The summed E-state index contributed by atoms with van der Waals surface area (Å²) in [6.07, 6.45) is 1.94. The van der Waals surface area contributed by atoms with E-state index in [1.54, 1.807) is 16.2 Å². The third-order valence-electron chi connectivity index (χ3n) is 7.13. The highest BCUT2D eigenvalue weighted by Crippen LogP contribution is 2.49. The van der Waals surface area contributed by atoms with Crippen LogP contribution in [0.25, 0.3) is 16.3 Å². The Morgan fingerprint density at radius 3 is 2.75 bits per heavy atom. The molecule has 206 valence electrons. The number of nitrogens with zero attached hydrogens (tertiary/aromatic N) is 3. The van der Waals surface area contributed by atoms with Gasteiger partial charge in [0.1, 0.15) is 18.1 Å². The molecule has 40 heavy (non-hydrogen) atoms. The van der Waals surface area contributed by atoms with Crippen LogP contribution in [0.2, 0.25) is 5.02 Å². The van der Waals surface area contributed by atoms with Crippen molar-refractivity contribution in [3.8, 4) is 16.3 Å². The molecule has 2 aliphatic rings. The van der Waals surface area contributed by atoms with Crippen LogP contribution in [0, 0.1) is 6.92 Å². The Labute approximate surface area is 246 Å². The molecule has 0 saturated carbocycles. The van der Waals surface area contributed by atoms with E-state index in [1.807, 2.05) is 77.6 Å². The number of hydrogen-bond acceptors (Lipinski definition) is 6. The lowest BCUT2D eigenvalue weighted by Crippen LogP contribution is -2.44. The fourth-order valence-corrected chi connectivity index (χ4v) is 7.26. The molecule has 10 heteroatoms. The van der Waals surface area contributed by atoms with Crippen molar-refractivity contribution < 1.29 is 14.3 Å². The number of rotatable bonds is 7. The van der Waals surface area contributed by atoms with E-state index in [-0.39, 0.29) is 35.5 Å². The van der Waals surface area contributed by atoms with Crippen molar-refractivity contribution >= 4 is 52.3 Å². The molecular weight excluding hydrogens is 564 g/mol. The Morgan fingerprint density at radius 1 is 1.18 bits per heavy atom. The van der Waals surface area contributed by atoms with Crippen LogP contribution in [0.1, 0.15) is 34.8 Å². The summed E-state index contributed by atoms with van der Waals surface area (Å²) in [5, 5.41) is 10.5. The van der Waals surface area contributed by atoms with Gasteiger partial charge in [-0.05, 0) is 61.0 Å². The van der Waals surface area contributed by atoms with Crippen molar-refractivity contribution in [3.05, 3.63) is 87.8 Å². The van der Waals surface area contributed by atoms with E-state index in [0.717, 1.165) is 52.4 Å². The minimum atomic E-state index is -0.227. The number of thioether (sulfide) groups is 1. The molecule has 2 unspecified atom stereocenters. The lowest BCUT2D eigenvalue weighted by molar-refractivity contribution is -0.123. The molecule has 4 aromatic rings. The van der Waals surface area contributed by atoms with E-state index < -0.39 is 0 Å². The Bertz CT molecular complexity index is 1510. The molecule has 7 nitrogen and oxygen atoms in total. The van der Waals surface area contributed by atoms with Gasteiger partial charge in [-0.15, -0.1) is 23.1 Å². The molecule has 2 aliphatic heterocycles. The summed E-state index contributed by atoms with van der Waals surface area (Å²) < 4.78 is 7.49. The molecule has 1 N–H and O–H groups in total. The SMILES string of the molecule is Cc1ccc(-n2nc(-c3cccs3)c3c2N(CC(=O)NCC2CCCO2)C(=O)CSC3c2cccc(Cl)c2)cc1. The van der Waals surface area contributed by atoms with Gasteiger partial charge in [0.05, 0.1) is 27.7 Å². The van der Waals surface area contributed by atoms with Crippen molar-refractivity contribution in [2.24, 2.45) is 0 Å². The average molecular weight is 593 g/mol. The highest BCUT2D eigenvalue weighted by Gasteiger charge is 2.38. The van der Waals surface area contributed by atoms with Crippen LogP contribution in [0.5, 0.6) is 0 Å². The van der Waals surface area contributed by atoms with E-state index in [0.29, 0.717) is 17.4 Å². The second-order valence-electron chi connectivity index (χ2n) is 9.98. The second kappa shape index (κ2) is 11.8. The Kier molecular flexibility index (Phi) is 7.98. The van der Waals surface area contributed by atoms with E-state index in [1.165, 1.54) is 11.8 Å². The van der Waals surface area contributed by atoms with E-state index in [9.17, 15) is 9.59 Å². The van der Waals surface area contributed by atoms with Gasteiger partial charge in [0.15, 0.2) is 0 Å². The number of ether oxygens (including phenoxy) is 1. The molecule has 0 aliphatic carbocycles. The van der Waals surface area contributed by atoms with Gasteiger partial charge in [-0.3, -0.25) is 14.5 Å². The molecule has 2 aromatic carbocycles. The third kappa shape index (κ3) is 5.56. The number of anilines is 1. The number of thiophene rings is 1. The first-order valence-electron chi connectivity index (χ1n) is 13.3. The molecule has 2 atom stereocenters. The van der Waals surface area contributed by atoms with Gasteiger partial charge in [0.2, 0.25) is 11.8 Å². The topological polar surface area (TPSA) is 76.5 Å². The number of halogens is 1. The summed E-state index contributed by atoms with van der Waals surface area (Å²) >= 11 is 9.56. The second-order valence-corrected chi connectivity index (χ2v) is 12.5. The molecule has 1 saturated heterocycles. The van der Waals surface area contributed by atoms with Crippen molar-refractivity contribution in [3.63, 3.8) is 0 Å². The monoisotopic (exact) mass is 592 g/mol. The molecule has 2 amide bonds. The van der Waals surface area contributed by atoms with E-state index in [4.69, 9.17) is 21.4 Å². The smallest absolute Gasteiger partial charge is 0.240 e. The van der Waals surface area contributed by atoms with Crippen LogP contribution in [0.4, 0.5) is 5.82 Å². The zero-order valence-electron chi connectivity index (χ0n) is 22.0. The van der Waals surface area contributed by atoms with Crippen LogP contribution < -0.4 is 10.2 Å². The lowest BCUT2D eigenvalue weighted by atomic mass is 10.0. The van der Waals surface area contributed by atoms with Crippen LogP contribution in [0.3, 0.4) is 0 Å². The van der Waals surface area contributed by atoms with Gasteiger partial charge in [0, 0.05) is 23.7 Å². The van der Waals surface area contributed by atoms with Gasteiger partial charge >= 0.3 is 0 Å². The van der Waals surface area contributed by atoms with Gasteiger partial charge in [-0.2, -0.15) is 5.10 Å². The summed E-state index contributed by atoms with van der Waals surface area (Å²) in [7, 11) is 0. The summed E-state index contributed by atoms with van der Waals surface area (Å²) in [6.45, 7) is 3.08. The molecule has 0 radical (unpaired) electrons. The predicted molar refractivity (Wildman–Crippen MR) is 162 cm³/mol. The van der Waals surface area contributed by atoms with Gasteiger partial charge in [-0.1, -0.05) is 47.5 Å². The highest BCUT2D eigenvalue weighted by molar-refractivity contribution is 8.00. The van der Waals surface area contributed by atoms with Crippen molar-refractivity contribution in [1.29, 1.82) is 0 Å². The lowest BCUT2D eigenvalue weighted by Gasteiger charge is -2.23. The van der Waals surface area contributed by atoms with Crippen LogP contribution in [0.15, 0.2) is 66.0 Å². The van der Waals surface area contributed by atoms with E-state index >= 15 is 0 Å². The number of aryl methyl sites for hydroxylation is 1. The minimum Gasteiger partial charge on any atom is -0.376 e. The van der Waals surface area contributed by atoms with Gasteiger partial charge in [0.25, 0.3) is 0 Å². The molecular formula is C30H29ClN4O3S2. The molecule has 2 aromatic heterocycles. The Morgan fingerprint density at radius 2 is 2.02 bits per heavy atom. The number of amides is 2. The largest absolute Gasteiger partial charge is 0.376 e. The Balaban J connectivity index is 1.50. The first-order chi connectivity index (χ1) is 19.5. The normalized spacial score (nSPS) is 18.9. The number of aromatic nitrogens is 2. The highest BCUT2D eigenvalue weighted by atomic mass is 35.5. The molecule has 4 heterocycles. The van der Waals surface area contributed by atoms with Crippen molar-refractivity contribution in [2.45, 2.75) is 31.1 Å². The molecule has 0 spiro atoms. The number of benzene rings is 2. The first-order valence-corrected chi connectivity index (χ1v) is 15.6. The zero-order chi connectivity index (χ0) is 27.6. The maximum absolute atomic E-state index is 13.8. The predicted octanol–water partition coefficient (Wildman–Crippen LogP) is 6.03. The number of fused-ring (bicyclic) bond motifs is 1. The average Bonchev–Trinajstić information content (AvgIpc) is 3.72. The number of carbonyl (C=O) groups is 2. The van der Waals surface area contributed by atoms with Crippen molar-refractivity contribution in [2.75, 3.05) is 30.3 Å². The quantitative estimate of drug-likeness (QED) is 0.284. The van der Waals surface area contributed by atoms with Crippen LogP contribution in [-0.2, 0) is 14.3 Å². The van der Waals surface area contributed by atoms with Gasteiger partial charge in [-0.25, -0.2) is 4.68 Å². The fourth-order valence-electron chi connectivity index (χ4n) is 5.15. The minimum absolute atomic E-state index is 0.0191. The summed E-state index contributed by atoms with van der Waals surface area (Å²) in [5.41, 5.74) is 4.61.